The number of hydrogen-bond donors (Lipinski definition) is 2. The number of hydrogen-bond acceptors (Lipinski definition) is 6. The summed E-state index contributed by atoms with van der Waals surface area (Å²) in [5, 5.41) is 14.8. The molecule has 0 saturated carbocycles. The quantitative estimate of drug-likeness (QED) is 0.684. The second-order valence-corrected chi connectivity index (χ2v) is 4.53. The van der Waals surface area contributed by atoms with Gasteiger partial charge in [0.15, 0.2) is 6.29 Å². The zero-order valence-electron chi connectivity index (χ0n) is 10.6. The molecule has 3 rings (SSSR count). The Hall–Kier alpha value is -1.71. The summed E-state index contributed by atoms with van der Waals surface area (Å²) < 4.78 is 10.7. The number of nitrogens with zero attached hydrogens (tertiary/aromatic N) is 1. The molecule has 0 aromatic heterocycles. The molecule has 3 saturated heterocycles. The molecule has 112 valence electrons. The summed E-state index contributed by atoms with van der Waals surface area (Å²) >= 11 is 0. The first kappa shape index (κ1) is 14.7. The normalized spacial score (nSPS) is 32.0. The number of carboxylic acid groups (broad SMARTS) is 2. The number of hydroxylamine groups is 2. The van der Waals surface area contributed by atoms with Crippen LogP contribution >= 0.6 is 0 Å². The van der Waals surface area contributed by atoms with E-state index in [-0.39, 0.29) is 43.0 Å². The number of imide groups is 1. The molecule has 2 N–H and O–H groups in total. The van der Waals surface area contributed by atoms with Crippen LogP contribution < -0.4 is 0 Å². The van der Waals surface area contributed by atoms with E-state index in [1.165, 1.54) is 0 Å². The second-order valence-electron chi connectivity index (χ2n) is 4.53. The Morgan fingerprint density at radius 3 is 2.40 bits per heavy atom. The van der Waals surface area contributed by atoms with E-state index in [1.54, 1.807) is 0 Å². The summed E-state index contributed by atoms with van der Waals surface area (Å²) in [6.45, 7) is 1.03. The molecule has 3 aliphatic rings. The molecule has 3 heterocycles. The van der Waals surface area contributed by atoms with Gasteiger partial charge in [0.2, 0.25) is 0 Å². The van der Waals surface area contributed by atoms with Crippen LogP contribution in [0, 0.1) is 5.92 Å². The van der Waals surface area contributed by atoms with E-state index in [0.717, 1.165) is 11.5 Å². The summed E-state index contributed by atoms with van der Waals surface area (Å²) in [5.41, 5.74) is 0. The van der Waals surface area contributed by atoms with Crippen molar-refractivity contribution in [3.63, 3.8) is 0 Å². The van der Waals surface area contributed by atoms with E-state index in [4.69, 9.17) is 29.3 Å². The first-order chi connectivity index (χ1) is 9.49. The molecule has 2 amide bonds. The number of ether oxygens (including phenoxy) is 2. The summed E-state index contributed by atoms with van der Waals surface area (Å²) in [6, 6.07) is 0. The van der Waals surface area contributed by atoms with Crippen molar-refractivity contribution in [1.29, 1.82) is 0 Å². The Morgan fingerprint density at radius 2 is 1.80 bits per heavy atom. The first-order valence-corrected chi connectivity index (χ1v) is 6.16. The molecular formula is C11H15NO8. The van der Waals surface area contributed by atoms with Gasteiger partial charge in [0.05, 0.1) is 13.2 Å². The predicted octanol–water partition coefficient (Wildman–Crippen LogP) is 0.0508. The minimum Gasteiger partial charge on any atom is -0.450 e. The number of fused-ring (bicyclic) bond motifs is 1. The summed E-state index contributed by atoms with van der Waals surface area (Å²) in [6.07, 6.45) is -0.948. The van der Waals surface area contributed by atoms with Crippen LogP contribution in [0.3, 0.4) is 0 Å². The molecule has 9 nitrogen and oxygen atoms in total. The van der Waals surface area contributed by atoms with Crippen molar-refractivity contribution in [2.24, 2.45) is 5.92 Å². The topological polar surface area (TPSA) is 123 Å². The van der Waals surface area contributed by atoms with Crippen LogP contribution in [-0.2, 0) is 23.9 Å². The van der Waals surface area contributed by atoms with Crippen LogP contribution in [0.4, 0.5) is 4.79 Å². The highest BCUT2D eigenvalue weighted by Crippen LogP contribution is 2.34. The summed E-state index contributed by atoms with van der Waals surface area (Å²) in [5.74, 6) is -0.374. The van der Waals surface area contributed by atoms with E-state index >= 15 is 0 Å². The number of rotatable bonds is 2. The van der Waals surface area contributed by atoms with Gasteiger partial charge in [-0.05, 0) is 6.42 Å². The zero-order valence-corrected chi connectivity index (χ0v) is 10.6. The highest BCUT2D eigenvalue weighted by Gasteiger charge is 2.45. The third-order valence-electron chi connectivity index (χ3n) is 3.23. The van der Waals surface area contributed by atoms with Gasteiger partial charge in [-0.2, -0.15) is 5.06 Å². The zero-order chi connectivity index (χ0) is 14.7. The van der Waals surface area contributed by atoms with Crippen molar-refractivity contribution in [3.8, 4) is 0 Å². The van der Waals surface area contributed by atoms with E-state index in [9.17, 15) is 9.59 Å². The molecule has 3 atom stereocenters. The van der Waals surface area contributed by atoms with Gasteiger partial charge in [0.25, 0.3) is 11.8 Å². The van der Waals surface area contributed by atoms with Gasteiger partial charge < -0.3 is 19.7 Å². The van der Waals surface area contributed by atoms with Crippen molar-refractivity contribution in [1.82, 2.24) is 5.06 Å². The number of carbonyl (C=O) groups excluding carboxylic acids is 2. The molecule has 3 aliphatic heterocycles. The Bertz CT molecular complexity index is 391. The Morgan fingerprint density at radius 1 is 1.20 bits per heavy atom. The van der Waals surface area contributed by atoms with Crippen molar-refractivity contribution in [2.45, 2.75) is 31.7 Å². The third kappa shape index (κ3) is 3.24. The molecule has 0 unspecified atom stereocenters. The largest absolute Gasteiger partial charge is 0.503 e. The Labute approximate surface area is 114 Å². The Balaban J connectivity index is 0.000000328. The monoisotopic (exact) mass is 289 g/mol. The molecule has 9 heteroatoms. The lowest BCUT2D eigenvalue weighted by Crippen LogP contribution is -2.37. The van der Waals surface area contributed by atoms with Crippen LogP contribution in [0.1, 0.15) is 19.3 Å². The van der Waals surface area contributed by atoms with Crippen molar-refractivity contribution in [3.05, 3.63) is 0 Å². The van der Waals surface area contributed by atoms with Crippen LogP contribution in [0.25, 0.3) is 0 Å². The number of amides is 2. The van der Waals surface area contributed by atoms with Gasteiger partial charge in [0.1, 0.15) is 6.10 Å². The highest BCUT2D eigenvalue weighted by atomic mass is 16.7. The number of carbonyl (C=O) groups is 3. The van der Waals surface area contributed by atoms with Crippen molar-refractivity contribution in [2.75, 3.05) is 13.2 Å². The Kier molecular flexibility index (Phi) is 4.53. The third-order valence-corrected chi connectivity index (χ3v) is 3.23. The maximum absolute atomic E-state index is 11.4. The molecule has 20 heavy (non-hydrogen) atoms. The van der Waals surface area contributed by atoms with Crippen LogP contribution in [0.5, 0.6) is 0 Å². The fourth-order valence-electron chi connectivity index (χ4n) is 2.34. The molecule has 0 aliphatic carbocycles. The maximum atomic E-state index is 11.4. The molecule has 0 aromatic carbocycles. The van der Waals surface area contributed by atoms with E-state index in [2.05, 4.69) is 0 Å². The fourth-order valence-corrected chi connectivity index (χ4v) is 2.34. The molecule has 0 bridgehead atoms. The van der Waals surface area contributed by atoms with E-state index in [1.807, 2.05) is 0 Å². The average molecular weight is 289 g/mol. The fraction of sp³-hybridized carbons (Fsp3) is 0.727. The molecule has 0 radical (unpaired) electrons. The lowest BCUT2D eigenvalue weighted by atomic mass is 10.0. The van der Waals surface area contributed by atoms with Crippen molar-refractivity contribution >= 4 is 18.0 Å². The van der Waals surface area contributed by atoms with Crippen LogP contribution in [0.2, 0.25) is 0 Å². The smallest absolute Gasteiger partial charge is 0.450 e. The SMILES string of the molecule is O=C(O)O.O=C1CCC(=O)N1O[C@H]1CO[C@H]2OCC[C@H]21. The van der Waals surface area contributed by atoms with Crippen molar-refractivity contribution < 1.29 is 38.9 Å². The van der Waals surface area contributed by atoms with E-state index in [0.29, 0.717) is 13.2 Å². The molecular weight excluding hydrogens is 274 g/mol. The minimum absolute atomic E-state index is 0.140. The van der Waals surface area contributed by atoms with Gasteiger partial charge in [-0.15, -0.1) is 0 Å². The predicted molar refractivity (Wildman–Crippen MR) is 60.4 cm³/mol. The molecule has 3 fully saturated rings. The molecule has 0 aromatic rings. The van der Waals surface area contributed by atoms with Gasteiger partial charge in [-0.3, -0.25) is 14.4 Å². The summed E-state index contributed by atoms with van der Waals surface area (Å²) in [4.78, 5) is 36.7. The van der Waals surface area contributed by atoms with Crippen LogP contribution in [0.15, 0.2) is 0 Å². The second kappa shape index (κ2) is 6.16. The maximum Gasteiger partial charge on any atom is 0.503 e. The van der Waals surface area contributed by atoms with Gasteiger partial charge in [-0.25, -0.2) is 4.79 Å². The van der Waals surface area contributed by atoms with Gasteiger partial charge in [-0.1, -0.05) is 0 Å². The van der Waals surface area contributed by atoms with E-state index < -0.39 is 6.16 Å². The molecule has 0 spiro atoms. The van der Waals surface area contributed by atoms with Crippen LogP contribution in [-0.4, -0.2) is 58.9 Å². The standard InChI is InChI=1S/C10H13NO5.CH2O3/c12-8-1-2-9(13)11(8)16-7-5-15-10-6(7)3-4-14-10;2-1(3)4/h6-7,10H,1-5H2;(H2,2,3,4)/t6-,7-,10+;/m0./s1. The minimum atomic E-state index is -1.83. The van der Waals surface area contributed by atoms with Gasteiger partial charge in [0, 0.05) is 18.8 Å². The average Bonchev–Trinajstić information content (AvgIpc) is 3.01. The van der Waals surface area contributed by atoms with Gasteiger partial charge >= 0.3 is 6.16 Å². The summed E-state index contributed by atoms with van der Waals surface area (Å²) in [7, 11) is 0. The first-order valence-electron chi connectivity index (χ1n) is 6.16. The highest BCUT2D eigenvalue weighted by molar-refractivity contribution is 6.00. The lowest BCUT2D eigenvalue weighted by Gasteiger charge is -2.20. The lowest BCUT2D eigenvalue weighted by molar-refractivity contribution is -0.206.